The van der Waals surface area contributed by atoms with Gasteiger partial charge in [0.25, 0.3) is 0 Å². The highest BCUT2D eigenvalue weighted by Crippen LogP contribution is 2.43. The van der Waals surface area contributed by atoms with Crippen LogP contribution in [0.3, 0.4) is 0 Å². The Hall–Kier alpha value is -3.09. The third kappa shape index (κ3) is 4.36. The van der Waals surface area contributed by atoms with Crippen molar-refractivity contribution in [2.45, 2.75) is 51.7 Å². The van der Waals surface area contributed by atoms with Gasteiger partial charge in [0, 0.05) is 18.9 Å². The van der Waals surface area contributed by atoms with Crippen LogP contribution in [-0.4, -0.2) is 20.8 Å². The number of benzene rings is 1. The molecule has 0 bridgehead atoms. The van der Waals surface area contributed by atoms with Crippen molar-refractivity contribution in [1.29, 1.82) is 0 Å². The number of nitrogens with zero attached hydrogens (tertiary/aromatic N) is 3. The van der Waals surface area contributed by atoms with Gasteiger partial charge in [-0.15, -0.1) is 0 Å². The fraction of sp³-hybridized carbons (Fsp3) is 0.320. The molecule has 160 valence electrons. The Morgan fingerprint density at radius 3 is 2.10 bits per heavy atom. The van der Waals surface area contributed by atoms with Crippen LogP contribution in [0, 0.1) is 13.8 Å². The third-order valence-electron chi connectivity index (χ3n) is 6.18. The number of rotatable bonds is 5. The van der Waals surface area contributed by atoms with Crippen molar-refractivity contribution in [1.82, 2.24) is 14.9 Å². The van der Waals surface area contributed by atoms with E-state index >= 15 is 0 Å². The summed E-state index contributed by atoms with van der Waals surface area (Å²) in [6.07, 6.45) is 6.81. The van der Waals surface area contributed by atoms with Crippen LogP contribution in [0.25, 0.3) is 0 Å². The van der Waals surface area contributed by atoms with E-state index < -0.39 is 5.97 Å². The van der Waals surface area contributed by atoms with E-state index in [1.54, 1.807) is 6.07 Å². The summed E-state index contributed by atoms with van der Waals surface area (Å²) >= 11 is 0. The zero-order valence-corrected chi connectivity index (χ0v) is 18.0. The van der Waals surface area contributed by atoms with E-state index in [9.17, 15) is 4.79 Å². The van der Waals surface area contributed by atoms with Gasteiger partial charge in [-0.3, -0.25) is 14.9 Å². The van der Waals surface area contributed by atoms with Crippen LogP contribution in [0.2, 0.25) is 0 Å². The largest absolute Gasteiger partial charge is 0.370 e. The number of carbonyl (C=O) groups excluding carboxylic acids is 1. The first-order valence-corrected chi connectivity index (χ1v) is 10.7. The first kappa shape index (κ1) is 21.2. The fourth-order valence-electron chi connectivity index (χ4n) is 4.67. The summed E-state index contributed by atoms with van der Waals surface area (Å²) in [6, 6.07) is 15.9. The number of piperidine rings is 1. The molecule has 0 spiro atoms. The molecule has 1 aliphatic heterocycles. The second kappa shape index (κ2) is 9.37. The zero-order valence-electron chi connectivity index (χ0n) is 18.0. The lowest BCUT2D eigenvalue weighted by Gasteiger charge is -2.42. The van der Waals surface area contributed by atoms with Gasteiger partial charge in [0.2, 0.25) is 0 Å². The molecule has 0 saturated carbocycles. The molecule has 0 aliphatic carbocycles. The predicted molar refractivity (Wildman–Crippen MR) is 119 cm³/mol. The molecule has 1 aliphatic rings. The lowest BCUT2D eigenvalue weighted by molar-refractivity contribution is 0.0488. The Bertz CT molecular complexity index is 1020. The maximum absolute atomic E-state index is 12.3. The smallest absolute Gasteiger partial charge is 0.356 e. The second-order valence-corrected chi connectivity index (χ2v) is 8.11. The SMILES string of the molecule is Cc1cccnc1[C@H]1CCC[C@@H](c2ncccc2C)N1Cc1ccccc1C(=O)ON. The maximum Gasteiger partial charge on any atom is 0.356 e. The molecule has 2 N–H and O–H groups in total. The second-order valence-electron chi connectivity index (χ2n) is 8.11. The van der Waals surface area contributed by atoms with E-state index in [2.05, 4.69) is 35.7 Å². The first-order valence-electron chi connectivity index (χ1n) is 10.7. The monoisotopic (exact) mass is 416 g/mol. The lowest BCUT2D eigenvalue weighted by Crippen LogP contribution is -2.38. The number of aromatic nitrogens is 2. The molecule has 0 amide bonds. The van der Waals surface area contributed by atoms with Gasteiger partial charge >= 0.3 is 5.97 Å². The standard InChI is InChI=1S/C25H28N4O2/c1-17-8-6-14-27-23(17)21-12-5-13-22(24-18(2)9-7-15-28-24)29(21)16-19-10-3-4-11-20(19)25(30)31-26/h3-4,6-11,14-15,21-22H,5,12-13,16,26H2,1-2H3/t21-,22+. The van der Waals surface area contributed by atoms with Gasteiger partial charge in [0.05, 0.1) is 29.0 Å². The lowest BCUT2D eigenvalue weighted by atomic mass is 9.88. The highest BCUT2D eigenvalue weighted by molar-refractivity contribution is 5.90. The molecule has 0 radical (unpaired) electrons. The molecule has 31 heavy (non-hydrogen) atoms. The summed E-state index contributed by atoms with van der Waals surface area (Å²) in [4.78, 5) is 28.8. The van der Waals surface area contributed by atoms with Gasteiger partial charge in [0.15, 0.2) is 0 Å². The third-order valence-corrected chi connectivity index (χ3v) is 6.18. The molecular weight excluding hydrogens is 388 g/mol. The summed E-state index contributed by atoms with van der Waals surface area (Å²) in [7, 11) is 0. The number of hydrogen-bond donors (Lipinski definition) is 1. The highest BCUT2D eigenvalue weighted by atomic mass is 16.7. The van der Waals surface area contributed by atoms with Crippen LogP contribution in [0.5, 0.6) is 0 Å². The zero-order chi connectivity index (χ0) is 21.8. The quantitative estimate of drug-likeness (QED) is 0.613. The topological polar surface area (TPSA) is 81.3 Å². The van der Waals surface area contributed by atoms with E-state index in [-0.39, 0.29) is 12.1 Å². The van der Waals surface area contributed by atoms with Crippen molar-refractivity contribution >= 4 is 5.97 Å². The van der Waals surface area contributed by atoms with Gasteiger partial charge in [-0.1, -0.05) is 30.3 Å². The molecule has 6 nitrogen and oxygen atoms in total. The van der Waals surface area contributed by atoms with Crippen molar-refractivity contribution in [2.75, 3.05) is 0 Å². The fourth-order valence-corrected chi connectivity index (χ4v) is 4.67. The predicted octanol–water partition coefficient (Wildman–Crippen LogP) is 4.59. The normalized spacial score (nSPS) is 19.2. The molecule has 1 fully saturated rings. The summed E-state index contributed by atoms with van der Waals surface area (Å²) in [5.74, 6) is 4.68. The molecule has 4 rings (SSSR count). The molecular formula is C25H28N4O2. The first-order chi connectivity index (χ1) is 15.1. The Labute approximate surface area is 183 Å². The van der Waals surface area contributed by atoms with Gasteiger partial charge in [-0.05, 0) is 68.0 Å². The minimum atomic E-state index is -0.524. The summed E-state index contributed by atoms with van der Waals surface area (Å²) in [5.41, 5.74) is 5.89. The molecule has 3 aromatic rings. The van der Waals surface area contributed by atoms with Gasteiger partial charge in [-0.2, -0.15) is 5.90 Å². The van der Waals surface area contributed by atoms with Crippen molar-refractivity contribution in [3.05, 3.63) is 94.6 Å². The van der Waals surface area contributed by atoms with Crippen molar-refractivity contribution in [3.8, 4) is 0 Å². The Morgan fingerprint density at radius 2 is 1.55 bits per heavy atom. The maximum atomic E-state index is 12.3. The minimum absolute atomic E-state index is 0.128. The van der Waals surface area contributed by atoms with Crippen molar-refractivity contribution < 1.29 is 9.63 Å². The summed E-state index contributed by atoms with van der Waals surface area (Å²) in [6.45, 7) is 4.79. The summed E-state index contributed by atoms with van der Waals surface area (Å²) in [5, 5.41) is 0. The van der Waals surface area contributed by atoms with Gasteiger partial charge < -0.3 is 4.84 Å². The Kier molecular flexibility index (Phi) is 6.39. The number of aryl methyl sites for hydroxylation is 2. The number of likely N-dealkylation sites (tertiary alicyclic amines) is 1. The molecule has 1 saturated heterocycles. The summed E-state index contributed by atoms with van der Waals surface area (Å²) < 4.78 is 0. The average molecular weight is 417 g/mol. The highest BCUT2D eigenvalue weighted by Gasteiger charge is 2.35. The van der Waals surface area contributed by atoms with Gasteiger partial charge in [-0.25, -0.2) is 4.79 Å². The van der Waals surface area contributed by atoms with Crippen LogP contribution in [0.1, 0.15) is 69.8 Å². The van der Waals surface area contributed by atoms with Crippen LogP contribution in [0.15, 0.2) is 60.9 Å². The van der Waals surface area contributed by atoms with E-state index in [1.807, 2.05) is 42.7 Å². The van der Waals surface area contributed by atoms with E-state index in [4.69, 9.17) is 15.9 Å². The molecule has 1 aromatic carbocycles. The number of pyridine rings is 2. The van der Waals surface area contributed by atoms with Crippen LogP contribution < -0.4 is 5.90 Å². The van der Waals surface area contributed by atoms with E-state index in [0.717, 1.165) is 36.2 Å². The van der Waals surface area contributed by atoms with Crippen LogP contribution >= 0.6 is 0 Å². The molecule has 2 aromatic heterocycles. The average Bonchev–Trinajstić information content (AvgIpc) is 2.80. The van der Waals surface area contributed by atoms with E-state index in [1.165, 1.54) is 11.1 Å². The molecule has 3 heterocycles. The molecule has 2 atom stereocenters. The Morgan fingerprint density at radius 1 is 0.968 bits per heavy atom. The van der Waals surface area contributed by atoms with E-state index in [0.29, 0.717) is 12.1 Å². The van der Waals surface area contributed by atoms with Gasteiger partial charge in [0.1, 0.15) is 0 Å². The van der Waals surface area contributed by atoms with Crippen LogP contribution in [-0.2, 0) is 11.4 Å². The molecule has 6 heteroatoms. The number of hydrogen-bond acceptors (Lipinski definition) is 6. The van der Waals surface area contributed by atoms with Crippen molar-refractivity contribution in [2.24, 2.45) is 5.90 Å². The number of nitrogens with two attached hydrogens (primary N) is 1. The Balaban J connectivity index is 1.80. The number of carbonyl (C=O) groups is 1. The minimum Gasteiger partial charge on any atom is -0.370 e. The molecule has 0 unspecified atom stereocenters. The van der Waals surface area contributed by atoms with Crippen molar-refractivity contribution in [3.63, 3.8) is 0 Å². The van der Waals surface area contributed by atoms with Crippen LogP contribution in [0.4, 0.5) is 0 Å².